The summed E-state index contributed by atoms with van der Waals surface area (Å²) in [5.41, 5.74) is 18.5. The van der Waals surface area contributed by atoms with E-state index in [0.29, 0.717) is 0 Å². The molecule has 290 valence electrons. The summed E-state index contributed by atoms with van der Waals surface area (Å²) < 4.78 is 0. The molecule has 11 rings (SSSR count). The number of hydrogen-bond donors (Lipinski definition) is 0. The topological polar surface area (TPSA) is 3.24 Å². The quantitative estimate of drug-likeness (QED) is 0.139. The summed E-state index contributed by atoms with van der Waals surface area (Å²) in [6.07, 6.45) is 4.95. The second-order valence-corrected chi connectivity index (χ2v) is 16.4. The van der Waals surface area contributed by atoms with Gasteiger partial charge in [-0.1, -0.05) is 182 Å². The van der Waals surface area contributed by atoms with E-state index in [1.807, 2.05) is 0 Å². The SMILES string of the molecule is c1ccc(-c2ccc(-c3cc(N(c4ccc(-c5ccccc5)cc4)c4ccc(-c5ccc6c(c5)CCCC6)cc4)ccc3-c3ccc4ccc5ccccc5c4c3)cc2)cc1. The third-order valence-corrected chi connectivity index (χ3v) is 12.7. The van der Waals surface area contributed by atoms with Gasteiger partial charge in [-0.2, -0.15) is 0 Å². The van der Waals surface area contributed by atoms with Crippen LogP contribution in [0.1, 0.15) is 24.0 Å². The predicted octanol–water partition coefficient (Wildman–Crippen LogP) is 16.7. The minimum atomic E-state index is 1.10. The lowest BCUT2D eigenvalue weighted by Crippen LogP contribution is -2.10. The minimum absolute atomic E-state index is 1.10. The van der Waals surface area contributed by atoms with Gasteiger partial charge >= 0.3 is 0 Å². The van der Waals surface area contributed by atoms with Crippen LogP contribution in [-0.4, -0.2) is 0 Å². The molecule has 1 aliphatic carbocycles. The second kappa shape index (κ2) is 15.9. The Balaban J connectivity index is 1.06. The van der Waals surface area contributed by atoms with Crippen LogP contribution < -0.4 is 4.90 Å². The van der Waals surface area contributed by atoms with Crippen molar-refractivity contribution in [2.24, 2.45) is 0 Å². The first-order valence-corrected chi connectivity index (χ1v) is 21.6. The maximum atomic E-state index is 2.42. The number of anilines is 3. The highest BCUT2D eigenvalue weighted by Crippen LogP contribution is 2.43. The van der Waals surface area contributed by atoms with Crippen molar-refractivity contribution in [3.05, 3.63) is 236 Å². The van der Waals surface area contributed by atoms with Gasteiger partial charge in [-0.15, -0.1) is 0 Å². The fraction of sp³-hybridized carbons (Fsp3) is 0.0667. The zero-order valence-electron chi connectivity index (χ0n) is 34.1. The Morgan fingerprint density at radius 2 is 0.738 bits per heavy atom. The average molecular weight is 780 g/mol. The van der Waals surface area contributed by atoms with E-state index in [4.69, 9.17) is 0 Å². The summed E-state index contributed by atoms with van der Waals surface area (Å²) in [4.78, 5) is 2.41. The molecule has 0 saturated heterocycles. The third-order valence-electron chi connectivity index (χ3n) is 12.7. The normalized spacial score (nSPS) is 12.3. The standard InChI is InChI=1S/C60H45N/c1-3-11-42(12-4-1)45-19-22-50(23-20-45)60-41-56(37-38-58(60)53-28-26-49-25-24-48-16-9-10-18-57(48)59(49)40-53)61(54-33-29-46(30-34-54)43-13-5-2-6-14-43)55-35-31-47(32-36-55)52-27-21-44-15-7-8-17-51(44)39-52/h1-6,9-14,16,18-41H,7-8,15,17H2. The van der Waals surface area contributed by atoms with Crippen LogP contribution in [0.15, 0.2) is 224 Å². The van der Waals surface area contributed by atoms with Crippen LogP contribution >= 0.6 is 0 Å². The molecule has 0 heterocycles. The molecule has 0 aromatic heterocycles. The van der Waals surface area contributed by atoms with Crippen molar-refractivity contribution in [2.75, 3.05) is 4.90 Å². The molecule has 0 atom stereocenters. The summed E-state index contributed by atoms with van der Waals surface area (Å²) in [6, 6.07) is 82.8. The van der Waals surface area contributed by atoms with Crippen molar-refractivity contribution in [1.82, 2.24) is 0 Å². The lowest BCUT2D eigenvalue weighted by atomic mass is 9.89. The second-order valence-electron chi connectivity index (χ2n) is 16.4. The van der Waals surface area contributed by atoms with E-state index in [2.05, 4.69) is 229 Å². The summed E-state index contributed by atoms with van der Waals surface area (Å²) in [5.74, 6) is 0. The van der Waals surface area contributed by atoms with Crippen LogP contribution in [0.25, 0.3) is 77.2 Å². The fourth-order valence-electron chi connectivity index (χ4n) is 9.40. The highest BCUT2D eigenvalue weighted by Gasteiger charge is 2.18. The number of hydrogen-bond acceptors (Lipinski definition) is 1. The van der Waals surface area contributed by atoms with Gasteiger partial charge in [-0.25, -0.2) is 0 Å². The van der Waals surface area contributed by atoms with E-state index in [1.54, 1.807) is 0 Å². The predicted molar refractivity (Wildman–Crippen MR) is 260 cm³/mol. The molecule has 0 fully saturated rings. The van der Waals surface area contributed by atoms with Crippen molar-refractivity contribution in [2.45, 2.75) is 25.7 Å². The molecule has 0 N–H and O–H groups in total. The van der Waals surface area contributed by atoms with Crippen LogP contribution in [0.5, 0.6) is 0 Å². The zero-order chi connectivity index (χ0) is 40.5. The van der Waals surface area contributed by atoms with Gasteiger partial charge in [0.2, 0.25) is 0 Å². The molecule has 10 aromatic carbocycles. The van der Waals surface area contributed by atoms with E-state index in [1.165, 1.54) is 114 Å². The third kappa shape index (κ3) is 7.19. The van der Waals surface area contributed by atoms with E-state index < -0.39 is 0 Å². The maximum Gasteiger partial charge on any atom is 0.0468 e. The monoisotopic (exact) mass is 779 g/mol. The van der Waals surface area contributed by atoms with Gasteiger partial charge in [0, 0.05) is 17.1 Å². The van der Waals surface area contributed by atoms with E-state index in [0.717, 1.165) is 17.1 Å². The Labute approximate surface area is 358 Å². The largest absolute Gasteiger partial charge is 0.310 e. The first-order valence-electron chi connectivity index (χ1n) is 21.6. The van der Waals surface area contributed by atoms with Crippen LogP contribution in [0, 0.1) is 0 Å². The highest BCUT2D eigenvalue weighted by atomic mass is 15.1. The lowest BCUT2D eigenvalue weighted by Gasteiger charge is -2.27. The molecule has 0 amide bonds. The Hall–Kier alpha value is -7.48. The van der Waals surface area contributed by atoms with Gasteiger partial charge in [0.25, 0.3) is 0 Å². The van der Waals surface area contributed by atoms with Gasteiger partial charge in [0.05, 0.1) is 0 Å². The van der Waals surface area contributed by atoms with Crippen LogP contribution in [-0.2, 0) is 12.8 Å². The molecule has 0 spiro atoms. The van der Waals surface area contributed by atoms with Gasteiger partial charge < -0.3 is 4.90 Å². The van der Waals surface area contributed by atoms with Crippen molar-refractivity contribution in [1.29, 1.82) is 0 Å². The summed E-state index contributed by atoms with van der Waals surface area (Å²) in [7, 11) is 0. The first kappa shape index (κ1) is 36.6. The molecule has 0 saturated carbocycles. The maximum absolute atomic E-state index is 2.42. The van der Waals surface area contributed by atoms with Crippen LogP contribution in [0.3, 0.4) is 0 Å². The van der Waals surface area contributed by atoms with E-state index in [9.17, 15) is 0 Å². The zero-order valence-corrected chi connectivity index (χ0v) is 34.1. The van der Waals surface area contributed by atoms with E-state index in [-0.39, 0.29) is 0 Å². The number of fused-ring (bicyclic) bond motifs is 4. The van der Waals surface area contributed by atoms with Gasteiger partial charge in [-0.3, -0.25) is 0 Å². The minimum Gasteiger partial charge on any atom is -0.310 e. The Bertz CT molecular complexity index is 3150. The summed E-state index contributed by atoms with van der Waals surface area (Å²) in [5, 5.41) is 5.04. The smallest absolute Gasteiger partial charge is 0.0468 e. The molecule has 0 bridgehead atoms. The Morgan fingerprint density at radius 3 is 1.41 bits per heavy atom. The van der Waals surface area contributed by atoms with Crippen LogP contribution in [0.4, 0.5) is 17.1 Å². The number of rotatable bonds is 8. The summed E-state index contributed by atoms with van der Waals surface area (Å²) >= 11 is 0. The van der Waals surface area contributed by atoms with Crippen LogP contribution in [0.2, 0.25) is 0 Å². The van der Waals surface area contributed by atoms with E-state index >= 15 is 0 Å². The van der Waals surface area contributed by atoms with Crippen molar-refractivity contribution in [3.63, 3.8) is 0 Å². The molecule has 10 aromatic rings. The Morgan fingerprint density at radius 1 is 0.262 bits per heavy atom. The number of aryl methyl sites for hydroxylation is 2. The Kier molecular flexibility index (Phi) is 9.56. The van der Waals surface area contributed by atoms with Gasteiger partial charge in [0.15, 0.2) is 0 Å². The molecular weight excluding hydrogens is 735 g/mol. The molecule has 1 nitrogen and oxygen atoms in total. The van der Waals surface area contributed by atoms with Gasteiger partial charge in [-0.05, 0) is 156 Å². The number of benzene rings is 10. The highest BCUT2D eigenvalue weighted by molar-refractivity contribution is 6.09. The van der Waals surface area contributed by atoms with Crippen molar-refractivity contribution in [3.8, 4) is 55.6 Å². The molecule has 0 aliphatic heterocycles. The molecule has 1 heteroatoms. The molecular formula is C60H45N. The first-order chi connectivity index (χ1) is 30.2. The lowest BCUT2D eigenvalue weighted by molar-refractivity contribution is 0.686. The number of nitrogens with zero attached hydrogens (tertiary/aromatic N) is 1. The van der Waals surface area contributed by atoms with Crippen molar-refractivity contribution >= 4 is 38.6 Å². The molecule has 0 radical (unpaired) electrons. The molecule has 0 unspecified atom stereocenters. The van der Waals surface area contributed by atoms with Gasteiger partial charge in [0.1, 0.15) is 0 Å². The van der Waals surface area contributed by atoms with Crippen molar-refractivity contribution < 1.29 is 0 Å². The molecule has 61 heavy (non-hydrogen) atoms. The molecule has 1 aliphatic rings. The summed E-state index contributed by atoms with van der Waals surface area (Å²) in [6.45, 7) is 0. The average Bonchev–Trinajstić information content (AvgIpc) is 3.35. The fourth-order valence-corrected chi connectivity index (χ4v) is 9.40.